The summed E-state index contributed by atoms with van der Waals surface area (Å²) in [6, 6.07) is 0. The Balaban J connectivity index is 2.46. The van der Waals surface area contributed by atoms with Crippen molar-refractivity contribution < 1.29 is 9.84 Å². The standard InChI is InChI=1S/C14H30N2O2/c1-4-5-13(2,10-15)11-16(3)12-14(17)6-8-18-9-7-14/h17H,4-12,15H2,1-3H3. The average Bonchev–Trinajstić information content (AvgIpc) is 2.29. The number of nitrogens with zero attached hydrogens (tertiary/aromatic N) is 1. The van der Waals surface area contributed by atoms with E-state index in [4.69, 9.17) is 10.5 Å². The zero-order valence-corrected chi connectivity index (χ0v) is 12.2. The molecule has 1 rings (SSSR count). The number of hydrogen-bond acceptors (Lipinski definition) is 4. The van der Waals surface area contributed by atoms with Gasteiger partial charge >= 0.3 is 0 Å². The lowest BCUT2D eigenvalue weighted by Gasteiger charge is -2.39. The van der Waals surface area contributed by atoms with Crippen molar-refractivity contribution in [2.75, 3.05) is 39.9 Å². The third-order valence-electron chi connectivity index (χ3n) is 3.99. The summed E-state index contributed by atoms with van der Waals surface area (Å²) in [5, 5.41) is 10.5. The maximum atomic E-state index is 10.5. The molecule has 1 aliphatic heterocycles. The van der Waals surface area contributed by atoms with Gasteiger partial charge in [-0.05, 0) is 25.4 Å². The van der Waals surface area contributed by atoms with Gasteiger partial charge in [0.15, 0.2) is 0 Å². The Labute approximate surface area is 111 Å². The van der Waals surface area contributed by atoms with Crippen LogP contribution < -0.4 is 5.73 Å². The molecule has 0 saturated carbocycles. The van der Waals surface area contributed by atoms with Gasteiger partial charge in [-0.15, -0.1) is 0 Å². The van der Waals surface area contributed by atoms with Crippen molar-refractivity contribution in [1.82, 2.24) is 4.90 Å². The van der Waals surface area contributed by atoms with E-state index in [1.807, 2.05) is 0 Å². The first kappa shape index (κ1) is 15.9. The van der Waals surface area contributed by atoms with E-state index in [1.165, 1.54) is 0 Å². The van der Waals surface area contributed by atoms with Gasteiger partial charge in [0.05, 0.1) is 5.60 Å². The van der Waals surface area contributed by atoms with Gasteiger partial charge in [-0.25, -0.2) is 0 Å². The first-order valence-electron chi connectivity index (χ1n) is 7.12. The summed E-state index contributed by atoms with van der Waals surface area (Å²) in [6.45, 7) is 8.14. The zero-order chi connectivity index (χ0) is 13.6. The van der Waals surface area contributed by atoms with Gasteiger partial charge in [0, 0.05) is 39.1 Å². The predicted octanol–water partition coefficient (Wildman–Crippen LogP) is 1.22. The Morgan fingerprint density at radius 1 is 1.39 bits per heavy atom. The maximum absolute atomic E-state index is 10.5. The van der Waals surface area contributed by atoms with E-state index in [-0.39, 0.29) is 5.41 Å². The quantitative estimate of drug-likeness (QED) is 0.721. The van der Waals surface area contributed by atoms with Crippen LogP contribution in [0.5, 0.6) is 0 Å². The van der Waals surface area contributed by atoms with Crippen molar-refractivity contribution in [1.29, 1.82) is 0 Å². The van der Waals surface area contributed by atoms with Crippen molar-refractivity contribution in [3.05, 3.63) is 0 Å². The monoisotopic (exact) mass is 258 g/mol. The summed E-state index contributed by atoms with van der Waals surface area (Å²) in [6.07, 6.45) is 3.77. The van der Waals surface area contributed by atoms with Crippen LogP contribution in [0.1, 0.15) is 39.5 Å². The summed E-state index contributed by atoms with van der Waals surface area (Å²) in [7, 11) is 2.08. The third-order valence-corrected chi connectivity index (χ3v) is 3.99. The summed E-state index contributed by atoms with van der Waals surface area (Å²) >= 11 is 0. The molecule has 1 heterocycles. The van der Waals surface area contributed by atoms with E-state index < -0.39 is 5.60 Å². The van der Waals surface area contributed by atoms with Gasteiger partial charge in [-0.2, -0.15) is 0 Å². The van der Waals surface area contributed by atoms with Crippen LogP contribution in [0.4, 0.5) is 0 Å². The molecule has 18 heavy (non-hydrogen) atoms. The SMILES string of the molecule is CCCC(C)(CN)CN(C)CC1(O)CCOCC1. The number of aliphatic hydroxyl groups is 1. The Bertz CT molecular complexity index is 230. The molecule has 3 N–H and O–H groups in total. The Hall–Kier alpha value is -0.160. The topological polar surface area (TPSA) is 58.7 Å². The van der Waals surface area contributed by atoms with Crippen LogP contribution in [-0.2, 0) is 4.74 Å². The molecule has 0 aromatic heterocycles. The normalized spacial score (nSPS) is 23.0. The molecule has 0 spiro atoms. The molecule has 0 aliphatic carbocycles. The highest BCUT2D eigenvalue weighted by Gasteiger charge is 2.33. The molecule has 4 heteroatoms. The second kappa shape index (κ2) is 6.85. The van der Waals surface area contributed by atoms with Crippen LogP contribution in [0.25, 0.3) is 0 Å². The van der Waals surface area contributed by atoms with E-state index in [0.717, 1.165) is 38.8 Å². The molecule has 1 aliphatic rings. The predicted molar refractivity (Wildman–Crippen MR) is 74.6 cm³/mol. The second-order valence-corrected chi connectivity index (χ2v) is 6.27. The van der Waals surface area contributed by atoms with E-state index in [1.54, 1.807) is 0 Å². The van der Waals surface area contributed by atoms with Gasteiger partial charge in [0.25, 0.3) is 0 Å². The molecule has 4 nitrogen and oxygen atoms in total. The van der Waals surface area contributed by atoms with Crippen molar-refractivity contribution in [3.63, 3.8) is 0 Å². The summed E-state index contributed by atoms with van der Waals surface area (Å²) < 4.78 is 5.31. The highest BCUT2D eigenvalue weighted by atomic mass is 16.5. The van der Waals surface area contributed by atoms with Crippen LogP contribution in [0.15, 0.2) is 0 Å². The van der Waals surface area contributed by atoms with Gasteiger partial charge in [-0.1, -0.05) is 20.3 Å². The zero-order valence-electron chi connectivity index (χ0n) is 12.2. The van der Waals surface area contributed by atoms with E-state index in [2.05, 4.69) is 25.8 Å². The molecule has 0 bridgehead atoms. The molecule has 0 radical (unpaired) electrons. The van der Waals surface area contributed by atoms with Crippen LogP contribution >= 0.6 is 0 Å². The van der Waals surface area contributed by atoms with E-state index in [0.29, 0.717) is 19.8 Å². The molecule has 1 unspecified atom stereocenters. The smallest absolute Gasteiger partial charge is 0.0817 e. The van der Waals surface area contributed by atoms with Crippen molar-refractivity contribution in [2.24, 2.45) is 11.1 Å². The van der Waals surface area contributed by atoms with Gasteiger partial charge in [0.1, 0.15) is 0 Å². The molecular weight excluding hydrogens is 228 g/mol. The number of hydrogen-bond donors (Lipinski definition) is 2. The Kier molecular flexibility index (Phi) is 6.05. The molecule has 0 amide bonds. The Morgan fingerprint density at radius 3 is 2.50 bits per heavy atom. The minimum absolute atomic E-state index is 0.158. The number of ether oxygens (including phenoxy) is 1. The van der Waals surface area contributed by atoms with Gasteiger partial charge in [-0.3, -0.25) is 0 Å². The molecule has 0 aromatic carbocycles. The molecule has 1 atom stereocenters. The fourth-order valence-corrected chi connectivity index (χ4v) is 2.97. The summed E-state index contributed by atoms with van der Waals surface area (Å²) in [4.78, 5) is 2.23. The largest absolute Gasteiger partial charge is 0.388 e. The molecule has 108 valence electrons. The highest BCUT2D eigenvalue weighted by Crippen LogP contribution is 2.26. The third kappa shape index (κ3) is 4.84. The number of rotatable bonds is 7. The molecule has 0 aromatic rings. The number of likely N-dealkylation sites (N-methyl/N-ethyl adjacent to an activating group) is 1. The van der Waals surface area contributed by atoms with Crippen LogP contribution in [0, 0.1) is 5.41 Å². The lowest BCUT2D eigenvalue weighted by atomic mass is 9.84. The molecular formula is C14H30N2O2. The summed E-state index contributed by atoms with van der Waals surface area (Å²) in [5.74, 6) is 0. The number of nitrogens with two attached hydrogens (primary N) is 1. The van der Waals surface area contributed by atoms with Gasteiger partial charge < -0.3 is 20.5 Å². The second-order valence-electron chi connectivity index (χ2n) is 6.27. The molecule has 1 saturated heterocycles. The van der Waals surface area contributed by atoms with Gasteiger partial charge in [0.2, 0.25) is 0 Å². The van der Waals surface area contributed by atoms with E-state index >= 15 is 0 Å². The van der Waals surface area contributed by atoms with Crippen LogP contribution in [0.3, 0.4) is 0 Å². The lowest BCUT2D eigenvalue weighted by Crippen LogP contribution is -2.49. The molecule has 1 fully saturated rings. The maximum Gasteiger partial charge on any atom is 0.0817 e. The van der Waals surface area contributed by atoms with Crippen molar-refractivity contribution >= 4 is 0 Å². The minimum atomic E-state index is -0.575. The lowest BCUT2D eigenvalue weighted by molar-refractivity contribution is -0.0799. The van der Waals surface area contributed by atoms with Crippen LogP contribution in [-0.4, -0.2) is 55.5 Å². The Morgan fingerprint density at radius 2 is 2.00 bits per heavy atom. The minimum Gasteiger partial charge on any atom is -0.388 e. The fraction of sp³-hybridized carbons (Fsp3) is 1.00. The summed E-state index contributed by atoms with van der Waals surface area (Å²) in [5.41, 5.74) is 5.48. The average molecular weight is 258 g/mol. The van der Waals surface area contributed by atoms with Crippen LogP contribution in [0.2, 0.25) is 0 Å². The fourth-order valence-electron chi connectivity index (χ4n) is 2.97. The first-order valence-corrected chi connectivity index (χ1v) is 7.12. The van der Waals surface area contributed by atoms with E-state index in [9.17, 15) is 5.11 Å². The highest BCUT2D eigenvalue weighted by molar-refractivity contribution is 4.86. The van der Waals surface area contributed by atoms with Crippen molar-refractivity contribution in [2.45, 2.75) is 45.1 Å². The van der Waals surface area contributed by atoms with Crippen molar-refractivity contribution in [3.8, 4) is 0 Å². The first-order chi connectivity index (χ1) is 8.43.